The van der Waals surface area contributed by atoms with Gasteiger partial charge >= 0.3 is 6.18 Å². The van der Waals surface area contributed by atoms with Gasteiger partial charge in [0.25, 0.3) is 0 Å². The molecule has 2 aromatic heterocycles. The lowest BCUT2D eigenvalue weighted by atomic mass is 10.0. The maximum atomic E-state index is 14.3. The van der Waals surface area contributed by atoms with E-state index in [9.17, 15) is 27.1 Å². The fraction of sp³-hybridized carbons (Fsp3) is 0.294. The van der Waals surface area contributed by atoms with Gasteiger partial charge in [0.1, 0.15) is 12.4 Å². The molecule has 0 fully saturated rings. The van der Waals surface area contributed by atoms with Crippen LogP contribution in [0.3, 0.4) is 0 Å². The second kappa shape index (κ2) is 7.97. The van der Waals surface area contributed by atoms with Crippen LogP contribution in [-0.2, 0) is 12.6 Å². The van der Waals surface area contributed by atoms with Crippen LogP contribution in [0.1, 0.15) is 34.9 Å². The molecular weight excluding hydrogens is 385 g/mol. The molecule has 0 aliphatic rings. The van der Waals surface area contributed by atoms with Crippen LogP contribution in [0.25, 0.3) is 0 Å². The summed E-state index contributed by atoms with van der Waals surface area (Å²) >= 11 is 0. The van der Waals surface area contributed by atoms with Crippen LogP contribution >= 0.6 is 0 Å². The van der Waals surface area contributed by atoms with Gasteiger partial charge in [-0.25, -0.2) is 8.78 Å². The van der Waals surface area contributed by atoms with E-state index in [2.05, 4.69) is 20.5 Å². The van der Waals surface area contributed by atoms with Gasteiger partial charge in [0, 0.05) is 6.20 Å². The van der Waals surface area contributed by atoms with Crippen molar-refractivity contribution < 1.29 is 27.1 Å². The first-order valence-electron chi connectivity index (χ1n) is 8.05. The fourth-order valence-electron chi connectivity index (χ4n) is 2.50. The highest BCUT2D eigenvalue weighted by atomic mass is 19.4. The summed E-state index contributed by atoms with van der Waals surface area (Å²) in [6, 6.07) is 7.43. The number of pyridine rings is 1. The topological polar surface area (TPSA) is 76.7 Å². The summed E-state index contributed by atoms with van der Waals surface area (Å²) in [4.78, 5) is 3.87. The number of hydrogen-bond acceptors (Lipinski definition) is 5. The molecule has 3 atom stereocenters. The Morgan fingerprint density at radius 3 is 2.21 bits per heavy atom. The van der Waals surface area contributed by atoms with Crippen molar-refractivity contribution >= 4 is 0 Å². The Morgan fingerprint density at radius 1 is 1.00 bits per heavy atom. The van der Waals surface area contributed by atoms with E-state index in [1.54, 1.807) is 0 Å². The van der Waals surface area contributed by atoms with Gasteiger partial charge in [-0.2, -0.15) is 17.9 Å². The van der Waals surface area contributed by atoms with Crippen molar-refractivity contribution in [1.29, 1.82) is 0 Å². The van der Waals surface area contributed by atoms with E-state index in [-0.39, 0.29) is 12.1 Å². The van der Waals surface area contributed by atoms with Crippen LogP contribution in [-0.4, -0.2) is 36.4 Å². The molecule has 0 aliphatic heterocycles. The molecule has 28 heavy (non-hydrogen) atoms. The van der Waals surface area contributed by atoms with E-state index >= 15 is 0 Å². The van der Waals surface area contributed by atoms with Gasteiger partial charge in [-0.3, -0.25) is 4.98 Å². The Kier molecular flexibility index (Phi) is 5.63. The fourth-order valence-corrected chi connectivity index (χ4v) is 2.50. The SMILES string of the molecule is OC(C(F)c1ccc(Cc2ccc(C(F)(F)F)cc2)cn1)C(F)n1cnnn1. The van der Waals surface area contributed by atoms with Crippen molar-refractivity contribution in [2.24, 2.45) is 0 Å². The Balaban J connectivity index is 1.66. The third-order valence-electron chi connectivity index (χ3n) is 4.02. The third kappa shape index (κ3) is 4.47. The second-order valence-electron chi connectivity index (χ2n) is 6.02. The standard InChI is InChI=1S/C17H14F5N5O/c18-14(15(28)16(19)27-9-24-25-26-27)13-6-3-11(8-23-13)7-10-1-4-12(5-2-10)17(20,21)22/h1-6,8-9,14-16,28H,7H2. The van der Waals surface area contributed by atoms with Crippen LogP contribution < -0.4 is 0 Å². The van der Waals surface area contributed by atoms with Crippen LogP contribution in [0, 0.1) is 0 Å². The summed E-state index contributed by atoms with van der Waals surface area (Å²) in [5.74, 6) is 0. The van der Waals surface area contributed by atoms with Crippen molar-refractivity contribution in [2.45, 2.75) is 31.2 Å². The Hall–Kier alpha value is -2.95. The smallest absolute Gasteiger partial charge is 0.385 e. The quantitative estimate of drug-likeness (QED) is 0.644. The number of nitrogens with zero attached hydrogens (tertiary/aromatic N) is 5. The molecule has 0 spiro atoms. The van der Waals surface area contributed by atoms with Crippen LogP contribution in [0.15, 0.2) is 48.9 Å². The van der Waals surface area contributed by atoms with Crippen molar-refractivity contribution in [2.75, 3.05) is 0 Å². The minimum atomic E-state index is -4.41. The monoisotopic (exact) mass is 399 g/mol. The van der Waals surface area contributed by atoms with E-state index < -0.39 is 30.3 Å². The maximum Gasteiger partial charge on any atom is 0.416 e. The molecule has 11 heteroatoms. The molecule has 3 unspecified atom stereocenters. The molecule has 0 saturated heterocycles. The van der Waals surface area contributed by atoms with E-state index in [0.717, 1.165) is 18.5 Å². The number of alkyl halides is 5. The predicted octanol–water partition coefficient (Wildman–Crippen LogP) is 3.22. The van der Waals surface area contributed by atoms with Gasteiger partial charge in [-0.05, 0) is 46.2 Å². The molecule has 1 aromatic carbocycles. The van der Waals surface area contributed by atoms with E-state index in [1.807, 2.05) is 0 Å². The van der Waals surface area contributed by atoms with Crippen molar-refractivity contribution in [3.63, 3.8) is 0 Å². The van der Waals surface area contributed by atoms with Crippen LogP contribution in [0.4, 0.5) is 22.0 Å². The average molecular weight is 399 g/mol. The highest BCUT2D eigenvalue weighted by Gasteiger charge is 2.32. The molecule has 6 nitrogen and oxygen atoms in total. The minimum Gasteiger partial charge on any atom is -0.385 e. The first-order valence-corrected chi connectivity index (χ1v) is 8.05. The number of aromatic nitrogens is 5. The van der Waals surface area contributed by atoms with Crippen LogP contribution in [0.5, 0.6) is 0 Å². The zero-order chi connectivity index (χ0) is 20.3. The summed E-state index contributed by atoms with van der Waals surface area (Å²) in [5.41, 5.74) is 0.283. The second-order valence-corrected chi connectivity index (χ2v) is 6.02. The molecule has 0 amide bonds. The van der Waals surface area contributed by atoms with Gasteiger partial charge in [0.05, 0.1) is 11.3 Å². The number of halogens is 5. The normalized spacial score (nSPS) is 15.2. The molecular formula is C17H14F5N5O. The highest BCUT2D eigenvalue weighted by molar-refractivity contribution is 5.29. The van der Waals surface area contributed by atoms with Gasteiger partial charge < -0.3 is 5.11 Å². The summed E-state index contributed by atoms with van der Waals surface area (Å²) in [5, 5.41) is 19.5. The van der Waals surface area contributed by atoms with Crippen molar-refractivity contribution in [1.82, 2.24) is 25.2 Å². The van der Waals surface area contributed by atoms with Gasteiger partial charge in [0.15, 0.2) is 6.17 Å². The molecule has 0 radical (unpaired) electrons. The summed E-state index contributed by atoms with van der Waals surface area (Å²) in [6.45, 7) is 0. The Morgan fingerprint density at radius 2 is 1.68 bits per heavy atom. The summed E-state index contributed by atoms with van der Waals surface area (Å²) < 4.78 is 66.6. The lowest BCUT2D eigenvalue weighted by Gasteiger charge is -2.18. The molecule has 3 aromatic rings. The summed E-state index contributed by atoms with van der Waals surface area (Å²) in [6.07, 6.45) is -8.30. The van der Waals surface area contributed by atoms with E-state index in [0.29, 0.717) is 15.8 Å². The van der Waals surface area contributed by atoms with E-state index in [1.165, 1.54) is 30.5 Å². The molecule has 0 bridgehead atoms. The number of tetrazole rings is 1. The number of hydrogen-bond donors (Lipinski definition) is 1. The van der Waals surface area contributed by atoms with Crippen LogP contribution in [0.2, 0.25) is 0 Å². The molecule has 2 heterocycles. The molecule has 0 saturated carbocycles. The molecule has 3 rings (SSSR count). The third-order valence-corrected chi connectivity index (χ3v) is 4.02. The Labute approximate surface area is 155 Å². The van der Waals surface area contributed by atoms with Gasteiger partial charge in [-0.1, -0.05) is 18.2 Å². The first-order chi connectivity index (χ1) is 13.3. The van der Waals surface area contributed by atoms with Gasteiger partial charge in [0.2, 0.25) is 6.30 Å². The zero-order valence-electron chi connectivity index (χ0n) is 14.1. The molecule has 148 valence electrons. The Bertz CT molecular complexity index is 884. The minimum absolute atomic E-state index is 0.195. The first kappa shape index (κ1) is 19.8. The molecule has 1 N–H and O–H groups in total. The van der Waals surface area contributed by atoms with Crippen molar-refractivity contribution in [3.05, 3.63) is 71.3 Å². The number of aliphatic hydroxyl groups excluding tert-OH is 1. The average Bonchev–Trinajstić information content (AvgIpc) is 3.21. The maximum absolute atomic E-state index is 14.3. The van der Waals surface area contributed by atoms with E-state index in [4.69, 9.17) is 0 Å². The number of aliphatic hydroxyl groups is 1. The number of benzene rings is 1. The summed E-state index contributed by atoms with van der Waals surface area (Å²) in [7, 11) is 0. The number of rotatable bonds is 6. The molecule has 0 aliphatic carbocycles. The zero-order valence-corrected chi connectivity index (χ0v) is 14.1. The lowest BCUT2D eigenvalue weighted by molar-refractivity contribution is -0.137. The van der Waals surface area contributed by atoms with Gasteiger partial charge in [-0.15, -0.1) is 5.10 Å². The lowest BCUT2D eigenvalue weighted by Crippen LogP contribution is -2.26. The largest absolute Gasteiger partial charge is 0.416 e. The predicted molar refractivity (Wildman–Crippen MR) is 86.3 cm³/mol. The van der Waals surface area contributed by atoms with Crippen molar-refractivity contribution in [3.8, 4) is 0 Å². The highest BCUT2D eigenvalue weighted by Crippen LogP contribution is 2.30.